The summed E-state index contributed by atoms with van der Waals surface area (Å²) in [6, 6.07) is 0. The van der Waals surface area contributed by atoms with E-state index in [0.717, 1.165) is 25.7 Å². The predicted molar refractivity (Wildman–Crippen MR) is 78.5 cm³/mol. The summed E-state index contributed by atoms with van der Waals surface area (Å²) in [5.74, 6) is 1.37. The first-order chi connectivity index (χ1) is 9.67. The molecule has 2 N–H and O–H groups in total. The number of carbonyl (C=O) groups excluding carboxylic acids is 2. The summed E-state index contributed by atoms with van der Waals surface area (Å²) in [4.78, 5) is 23.7. The van der Waals surface area contributed by atoms with Crippen molar-refractivity contribution < 1.29 is 9.59 Å². The van der Waals surface area contributed by atoms with Gasteiger partial charge in [0.15, 0.2) is 0 Å². The monoisotopic (exact) mass is 280 g/mol. The molecule has 2 fully saturated rings. The van der Waals surface area contributed by atoms with E-state index in [9.17, 15) is 9.59 Å². The molecule has 0 saturated heterocycles. The number of rotatable bonds is 8. The highest BCUT2D eigenvalue weighted by Crippen LogP contribution is 2.43. The third-order valence-corrected chi connectivity index (χ3v) is 4.68. The minimum absolute atomic E-state index is 0.00483. The van der Waals surface area contributed by atoms with Crippen molar-refractivity contribution in [2.75, 3.05) is 0 Å². The quantitative estimate of drug-likeness (QED) is 0.672. The summed E-state index contributed by atoms with van der Waals surface area (Å²) < 4.78 is 0. The van der Waals surface area contributed by atoms with Crippen LogP contribution in [0.1, 0.15) is 65.2 Å². The van der Waals surface area contributed by atoms with Gasteiger partial charge in [-0.2, -0.15) is 0 Å². The Morgan fingerprint density at radius 3 is 1.60 bits per heavy atom. The van der Waals surface area contributed by atoms with Crippen molar-refractivity contribution in [1.82, 2.24) is 10.9 Å². The Balaban J connectivity index is 1.57. The second-order valence-corrected chi connectivity index (χ2v) is 6.47. The highest BCUT2D eigenvalue weighted by Gasteiger charge is 2.44. The molecule has 20 heavy (non-hydrogen) atoms. The molecule has 2 aliphatic carbocycles. The van der Waals surface area contributed by atoms with Crippen LogP contribution < -0.4 is 10.9 Å². The van der Waals surface area contributed by atoms with Crippen LogP contribution in [-0.2, 0) is 9.59 Å². The molecule has 2 aliphatic rings. The topological polar surface area (TPSA) is 58.2 Å². The fraction of sp³-hybridized carbons (Fsp3) is 0.875. The molecule has 4 heteroatoms. The number of unbranched alkanes of at least 4 members (excludes halogenated alkanes) is 2. The number of hydrazine groups is 1. The maximum Gasteiger partial charge on any atom is 0.241 e. The van der Waals surface area contributed by atoms with Crippen LogP contribution in [0.4, 0.5) is 0 Å². The van der Waals surface area contributed by atoms with E-state index in [1.54, 1.807) is 0 Å². The Morgan fingerprint density at radius 1 is 0.850 bits per heavy atom. The van der Waals surface area contributed by atoms with Crippen molar-refractivity contribution in [1.29, 1.82) is 0 Å². The van der Waals surface area contributed by atoms with E-state index in [1.165, 1.54) is 25.7 Å². The summed E-state index contributed by atoms with van der Waals surface area (Å²) in [6.07, 6.45) is 9.03. The molecule has 0 unspecified atom stereocenters. The van der Waals surface area contributed by atoms with Gasteiger partial charge in [-0.05, 0) is 37.5 Å². The lowest BCUT2D eigenvalue weighted by Crippen LogP contribution is -2.43. The number of nitrogens with one attached hydrogen (secondary N) is 2. The lowest BCUT2D eigenvalue weighted by molar-refractivity contribution is -0.130. The van der Waals surface area contributed by atoms with Crippen molar-refractivity contribution in [2.24, 2.45) is 23.7 Å². The summed E-state index contributed by atoms with van der Waals surface area (Å²) in [5, 5.41) is 0. The fourth-order valence-electron chi connectivity index (χ4n) is 3.02. The van der Waals surface area contributed by atoms with E-state index in [1.807, 2.05) is 0 Å². The van der Waals surface area contributed by atoms with Crippen molar-refractivity contribution in [2.45, 2.75) is 65.2 Å². The molecule has 0 aromatic heterocycles. The van der Waals surface area contributed by atoms with Crippen LogP contribution in [0.15, 0.2) is 0 Å². The van der Waals surface area contributed by atoms with Crippen molar-refractivity contribution >= 4 is 11.8 Å². The molecule has 114 valence electrons. The Morgan fingerprint density at radius 2 is 1.25 bits per heavy atom. The average molecular weight is 280 g/mol. The summed E-state index contributed by atoms with van der Waals surface area (Å²) in [5.41, 5.74) is 5.22. The fourth-order valence-corrected chi connectivity index (χ4v) is 3.02. The van der Waals surface area contributed by atoms with Crippen molar-refractivity contribution in [3.8, 4) is 0 Å². The SMILES string of the molecule is CCCC[C@H]1C[C@H]1C(=O)NNC(=O)[C@@H]1C[C@@H]1CCCC. The van der Waals surface area contributed by atoms with E-state index in [0.29, 0.717) is 11.8 Å². The Bertz CT molecular complexity index is 322. The van der Waals surface area contributed by atoms with Gasteiger partial charge in [0.25, 0.3) is 0 Å². The van der Waals surface area contributed by atoms with Crippen LogP contribution in [-0.4, -0.2) is 11.8 Å². The second kappa shape index (κ2) is 7.09. The molecule has 0 aliphatic heterocycles. The third kappa shape index (κ3) is 4.22. The van der Waals surface area contributed by atoms with Crippen LogP contribution >= 0.6 is 0 Å². The van der Waals surface area contributed by atoms with Crippen LogP contribution in [0.3, 0.4) is 0 Å². The van der Waals surface area contributed by atoms with Gasteiger partial charge in [-0.25, -0.2) is 0 Å². The molecule has 2 saturated carbocycles. The first kappa shape index (κ1) is 15.3. The Labute approximate surface area is 122 Å². The largest absolute Gasteiger partial charge is 0.273 e. The molecule has 0 aromatic carbocycles. The molecular weight excluding hydrogens is 252 g/mol. The zero-order valence-corrected chi connectivity index (χ0v) is 12.8. The second-order valence-electron chi connectivity index (χ2n) is 6.47. The van der Waals surface area contributed by atoms with E-state index in [-0.39, 0.29) is 23.7 Å². The molecule has 2 rings (SSSR count). The first-order valence-corrected chi connectivity index (χ1v) is 8.27. The first-order valence-electron chi connectivity index (χ1n) is 8.27. The number of carbonyl (C=O) groups is 2. The molecule has 0 aromatic rings. The van der Waals surface area contributed by atoms with Crippen LogP contribution in [0.5, 0.6) is 0 Å². The van der Waals surface area contributed by atoms with Crippen LogP contribution in [0.25, 0.3) is 0 Å². The van der Waals surface area contributed by atoms with E-state index < -0.39 is 0 Å². The minimum Gasteiger partial charge on any atom is -0.273 e. The van der Waals surface area contributed by atoms with Gasteiger partial charge in [0.1, 0.15) is 0 Å². The summed E-state index contributed by atoms with van der Waals surface area (Å²) in [7, 11) is 0. The molecule has 4 atom stereocenters. The van der Waals surface area contributed by atoms with Gasteiger partial charge in [-0.1, -0.05) is 39.5 Å². The molecule has 0 radical (unpaired) electrons. The number of amides is 2. The molecule has 0 bridgehead atoms. The lowest BCUT2D eigenvalue weighted by atomic mass is 10.1. The number of hydrogen-bond donors (Lipinski definition) is 2. The summed E-state index contributed by atoms with van der Waals surface area (Å²) in [6.45, 7) is 4.34. The van der Waals surface area contributed by atoms with Gasteiger partial charge in [-0.15, -0.1) is 0 Å². The Kier molecular flexibility index (Phi) is 5.44. The van der Waals surface area contributed by atoms with Crippen molar-refractivity contribution in [3.63, 3.8) is 0 Å². The zero-order valence-electron chi connectivity index (χ0n) is 12.8. The normalized spacial score (nSPS) is 30.7. The Hall–Kier alpha value is -1.06. The smallest absolute Gasteiger partial charge is 0.241 e. The molecular formula is C16H28N2O2. The van der Waals surface area contributed by atoms with Crippen LogP contribution in [0, 0.1) is 23.7 Å². The molecule has 0 heterocycles. The highest BCUT2D eigenvalue weighted by atomic mass is 16.2. The van der Waals surface area contributed by atoms with E-state index in [2.05, 4.69) is 24.7 Å². The summed E-state index contributed by atoms with van der Waals surface area (Å²) >= 11 is 0. The van der Waals surface area contributed by atoms with Gasteiger partial charge in [0.05, 0.1) is 0 Å². The minimum atomic E-state index is 0.00483. The standard InChI is InChI=1S/C16H28N2O2/c1-3-5-7-11-9-13(11)15(19)17-18-16(20)14-10-12(14)8-6-4-2/h11-14H,3-10H2,1-2H3,(H,17,19)(H,18,20)/t11-,12-,13+,14+/m0/s1. The predicted octanol–water partition coefficient (Wildman–Crippen LogP) is 2.79. The molecule has 4 nitrogen and oxygen atoms in total. The zero-order chi connectivity index (χ0) is 14.5. The van der Waals surface area contributed by atoms with Crippen molar-refractivity contribution in [3.05, 3.63) is 0 Å². The van der Waals surface area contributed by atoms with Gasteiger partial charge >= 0.3 is 0 Å². The van der Waals surface area contributed by atoms with Crippen LogP contribution in [0.2, 0.25) is 0 Å². The molecule has 0 spiro atoms. The van der Waals surface area contributed by atoms with Gasteiger partial charge in [-0.3, -0.25) is 20.4 Å². The van der Waals surface area contributed by atoms with Gasteiger partial charge < -0.3 is 0 Å². The molecule has 2 amide bonds. The number of hydrogen-bond acceptors (Lipinski definition) is 2. The van der Waals surface area contributed by atoms with Gasteiger partial charge in [0, 0.05) is 11.8 Å². The highest BCUT2D eigenvalue weighted by molar-refractivity contribution is 5.87. The maximum atomic E-state index is 11.9. The lowest BCUT2D eigenvalue weighted by Gasteiger charge is -2.07. The average Bonchev–Trinajstić information content (AvgIpc) is 3.34. The van der Waals surface area contributed by atoms with Gasteiger partial charge in [0.2, 0.25) is 11.8 Å². The van der Waals surface area contributed by atoms with E-state index >= 15 is 0 Å². The maximum absolute atomic E-state index is 11.9. The van der Waals surface area contributed by atoms with E-state index in [4.69, 9.17) is 0 Å². The third-order valence-electron chi connectivity index (χ3n) is 4.68.